The summed E-state index contributed by atoms with van der Waals surface area (Å²) in [6.45, 7) is 1.90. The molecule has 0 atom stereocenters. The fourth-order valence-corrected chi connectivity index (χ4v) is 4.29. The summed E-state index contributed by atoms with van der Waals surface area (Å²) in [7, 11) is 0. The van der Waals surface area contributed by atoms with Crippen LogP contribution in [0.25, 0.3) is 0 Å². The number of non-ortho nitro benzene ring substituents is 1. The fourth-order valence-electron chi connectivity index (χ4n) is 3.87. The highest BCUT2D eigenvalue weighted by Crippen LogP contribution is 2.36. The van der Waals surface area contributed by atoms with Crippen LogP contribution in [0.2, 0.25) is 0 Å². The van der Waals surface area contributed by atoms with Gasteiger partial charge < -0.3 is 19.7 Å². The second-order valence-electron chi connectivity index (χ2n) is 8.21. The molecule has 0 bridgehead atoms. The van der Waals surface area contributed by atoms with E-state index in [1.807, 2.05) is 12.1 Å². The lowest BCUT2D eigenvalue weighted by molar-refractivity contribution is -0.384. The molecule has 0 amide bonds. The molecule has 1 saturated heterocycles. The molecule has 5 rings (SSSR count). The fraction of sp³-hybridized carbons (Fsp3) is 0.304. The van der Waals surface area contributed by atoms with Crippen LogP contribution in [-0.2, 0) is 0 Å². The van der Waals surface area contributed by atoms with E-state index in [2.05, 4.69) is 51.6 Å². The molecule has 1 fully saturated rings. The Morgan fingerprint density at radius 3 is 2.42 bits per heavy atom. The summed E-state index contributed by atoms with van der Waals surface area (Å²) in [6, 6.07) is 9.72. The van der Waals surface area contributed by atoms with Crippen LogP contribution in [0.4, 0.5) is 29.2 Å². The van der Waals surface area contributed by atoms with Gasteiger partial charge in [-0.15, -0.1) is 0 Å². The van der Waals surface area contributed by atoms with Crippen molar-refractivity contribution in [2.24, 2.45) is 5.10 Å². The largest absolute Gasteiger partial charge is 0.454 e. The number of anilines is 4. The maximum Gasteiger partial charge on any atom is 0.269 e. The zero-order valence-corrected chi connectivity index (χ0v) is 20.8. The molecule has 3 aromatic rings. The van der Waals surface area contributed by atoms with E-state index in [1.54, 1.807) is 18.3 Å². The first-order valence-electron chi connectivity index (χ1n) is 11.5. The lowest BCUT2D eigenvalue weighted by atomic mass is 10.2. The molecule has 13 heteroatoms. The number of benzene rings is 2. The van der Waals surface area contributed by atoms with E-state index in [9.17, 15) is 10.1 Å². The number of fused-ring (bicyclic) bond motifs is 1. The average Bonchev–Trinajstić information content (AvgIpc) is 3.14. The molecule has 0 unspecified atom stereocenters. The molecule has 2 aliphatic rings. The highest BCUT2D eigenvalue weighted by atomic mass is 79.9. The number of aromatic nitrogens is 3. The molecule has 186 valence electrons. The number of nitro benzene ring substituents is 1. The molecule has 2 aliphatic heterocycles. The van der Waals surface area contributed by atoms with Crippen LogP contribution >= 0.6 is 15.9 Å². The monoisotopic (exact) mass is 554 g/mol. The average molecular weight is 555 g/mol. The molecule has 0 saturated carbocycles. The van der Waals surface area contributed by atoms with Crippen molar-refractivity contribution in [1.82, 2.24) is 15.0 Å². The Morgan fingerprint density at radius 2 is 1.69 bits per heavy atom. The highest BCUT2D eigenvalue weighted by Gasteiger charge is 2.17. The Balaban J connectivity index is 1.38. The number of rotatable bonds is 7. The predicted molar refractivity (Wildman–Crippen MR) is 138 cm³/mol. The highest BCUT2D eigenvalue weighted by molar-refractivity contribution is 9.10. The van der Waals surface area contributed by atoms with Crippen molar-refractivity contribution in [3.05, 3.63) is 56.5 Å². The zero-order chi connectivity index (χ0) is 24.9. The summed E-state index contributed by atoms with van der Waals surface area (Å²) in [6.07, 6.45) is 6.11. The van der Waals surface area contributed by atoms with Crippen LogP contribution in [0.15, 0.2) is 46.0 Å². The molecule has 36 heavy (non-hydrogen) atoms. The van der Waals surface area contributed by atoms with Gasteiger partial charge >= 0.3 is 0 Å². The van der Waals surface area contributed by atoms with E-state index in [1.165, 1.54) is 25.0 Å². The Kier molecular flexibility index (Phi) is 7.07. The molecule has 1 aromatic heterocycles. The third-order valence-corrected chi connectivity index (χ3v) is 6.39. The van der Waals surface area contributed by atoms with E-state index in [-0.39, 0.29) is 18.4 Å². The quantitative estimate of drug-likeness (QED) is 0.236. The van der Waals surface area contributed by atoms with Crippen LogP contribution < -0.4 is 25.1 Å². The van der Waals surface area contributed by atoms with Crippen molar-refractivity contribution in [1.29, 1.82) is 0 Å². The summed E-state index contributed by atoms with van der Waals surface area (Å²) in [5, 5.41) is 18.4. The first-order chi connectivity index (χ1) is 17.5. The van der Waals surface area contributed by atoms with Crippen LogP contribution in [-0.4, -0.2) is 46.0 Å². The standard InChI is InChI=1S/C23H23BrN8O4/c24-18-12-20-19(35-14-36-20)11-15(18)13-25-30-22-27-21(26-16-5-7-17(8-6-16)32(33)34)28-23(29-22)31-9-3-1-2-4-10-31/h5-8,11-13H,1-4,9-10,14H2,(H2,26,27,28,29,30). The third-order valence-electron chi connectivity index (χ3n) is 5.71. The number of hydrogen-bond donors (Lipinski definition) is 2. The maximum atomic E-state index is 11.0. The third kappa shape index (κ3) is 5.62. The SMILES string of the molecule is O=[N+]([O-])c1ccc(Nc2nc(NN=Cc3cc4c(cc3Br)OCO4)nc(N3CCCCCC3)n2)cc1. The van der Waals surface area contributed by atoms with Crippen molar-refractivity contribution in [2.75, 3.05) is 35.5 Å². The second-order valence-corrected chi connectivity index (χ2v) is 9.06. The first-order valence-corrected chi connectivity index (χ1v) is 12.3. The van der Waals surface area contributed by atoms with Gasteiger partial charge in [0, 0.05) is 40.9 Å². The van der Waals surface area contributed by atoms with Gasteiger partial charge in [0.1, 0.15) is 0 Å². The van der Waals surface area contributed by atoms with Gasteiger partial charge in [0.25, 0.3) is 5.69 Å². The second kappa shape index (κ2) is 10.7. The van der Waals surface area contributed by atoms with Gasteiger partial charge in [-0.05, 0) is 53.0 Å². The molecular formula is C23H23BrN8O4. The Labute approximate surface area is 215 Å². The van der Waals surface area contributed by atoms with Gasteiger partial charge in [0.15, 0.2) is 11.5 Å². The Hall–Kier alpha value is -4.00. The zero-order valence-electron chi connectivity index (χ0n) is 19.2. The van der Waals surface area contributed by atoms with Crippen molar-refractivity contribution >= 4 is 51.4 Å². The van der Waals surface area contributed by atoms with E-state index < -0.39 is 4.92 Å². The molecule has 0 spiro atoms. The minimum Gasteiger partial charge on any atom is -0.454 e. The van der Waals surface area contributed by atoms with Gasteiger partial charge in [0.05, 0.1) is 11.1 Å². The van der Waals surface area contributed by atoms with E-state index in [0.717, 1.165) is 36.0 Å². The van der Waals surface area contributed by atoms with Crippen LogP contribution in [0.5, 0.6) is 11.5 Å². The topological polar surface area (TPSA) is 140 Å². The van der Waals surface area contributed by atoms with Crippen LogP contribution in [0.3, 0.4) is 0 Å². The molecular weight excluding hydrogens is 532 g/mol. The number of hydrogen-bond acceptors (Lipinski definition) is 11. The minimum atomic E-state index is -0.442. The number of nitrogens with zero attached hydrogens (tertiary/aromatic N) is 6. The van der Waals surface area contributed by atoms with E-state index in [0.29, 0.717) is 29.1 Å². The normalized spacial score (nSPS) is 15.1. The first kappa shape index (κ1) is 23.7. The summed E-state index contributed by atoms with van der Waals surface area (Å²) >= 11 is 3.52. The number of nitro groups is 1. The van der Waals surface area contributed by atoms with Crippen LogP contribution in [0.1, 0.15) is 31.2 Å². The van der Waals surface area contributed by atoms with Gasteiger partial charge in [-0.25, -0.2) is 5.43 Å². The van der Waals surface area contributed by atoms with Crippen molar-refractivity contribution in [2.45, 2.75) is 25.7 Å². The van der Waals surface area contributed by atoms with Crippen LogP contribution in [0, 0.1) is 10.1 Å². The van der Waals surface area contributed by atoms with Gasteiger partial charge in [-0.2, -0.15) is 20.1 Å². The van der Waals surface area contributed by atoms with E-state index >= 15 is 0 Å². The van der Waals surface area contributed by atoms with Crippen molar-refractivity contribution in [3.63, 3.8) is 0 Å². The predicted octanol–water partition coefficient (Wildman–Crippen LogP) is 4.84. The van der Waals surface area contributed by atoms with Gasteiger partial charge in [0.2, 0.25) is 24.6 Å². The Bertz CT molecular complexity index is 1280. The molecule has 2 N–H and O–H groups in total. The van der Waals surface area contributed by atoms with Crippen molar-refractivity contribution in [3.8, 4) is 11.5 Å². The Morgan fingerprint density at radius 1 is 1.00 bits per heavy atom. The van der Waals surface area contributed by atoms with E-state index in [4.69, 9.17) is 9.47 Å². The molecule has 0 aliphatic carbocycles. The number of ether oxygens (including phenoxy) is 2. The smallest absolute Gasteiger partial charge is 0.269 e. The number of nitrogens with one attached hydrogen (secondary N) is 2. The number of halogens is 1. The molecule has 2 aromatic carbocycles. The molecule has 3 heterocycles. The molecule has 0 radical (unpaired) electrons. The molecule has 12 nitrogen and oxygen atoms in total. The maximum absolute atomic E-state index is 11.0. The van der Waals surface area contributed by atoms with Gasteiger partial charge in [-0.1, -0.05) is 12.8 Å². The lowest BCUT2D eigenvalue weighted by Gasteiger charge is -2.21. The number of hydrazone groups is 1. The lowest BCUT2D eigenvalue weighted by Crippen LogP contribution is -2.26. The summed E-state index contributed by atoms with van der Waals surface area (Å²) in [5.74, 6) is 2.44. The summed E-state index contributed by atoms with van der Waals surface area (Å²) in [4.78, 5) is 26.3. The minimum absolute atomic E-state index is 0.00724. The van der Waals surface area contributed by atoms with Crippen molar-refractivity contribution < 1.29 is 14.4 Å². The summed E-state index contributed by atoms with van der Waals surface area (Å²) < 4.78 is 11.6. The van der Waals surface area contributed by atoms with Gasteiger partial charge in [-0.3, -0.25) is 10.1 Å². The summed E-state index contributed by atoms with van der Waals surface area (Å²) in [5.41, 5.74) is 4.31.